The predicted octanol–water partition coefficient (Wildman–Crippen LogP) is -0.339. The van der Waals surface area contributed by atoms with Crippen LogP contribution in [0.15, 0.2) is 0 Å². The molecule has 0 aliphatic rings. The van der Waals surface area contributed by atoms with Crippen molar-refractivity contribution in [2.75, 3.05) is 13.2 Å². The lowest BCUT2D eigenvalue weighted by Gasteiger charge is -1.95. The summed E-state index contributed by atoms with van der Waals surface area (Å²) in [6.45, 7) is 0.175. The molecule has 4 heteroatoms. The number of halogens is 1. The van der Waals surface area contributed by atoms with Crippen LogP contribution in [0.25, 0.3) is 0 Å². The number of nitrogens with one attached hydrogen (secondary N) is 1. The first-order chi connectivity index (χ1) is 4.16. The molecule has 1 amide bonds. The van der Waals surface area contributed by atoms with E-state index in [-0.39, 0.29) is 12.3 Å². The number of ketones is 1. The maximum Gasteiger partial charge on any atom is 0.251 e. The van der Waals surface area contributed by atoms with Gasteiger partial charge in [-0.3, -0.25) is 9.59 Å². The molecule has 0 unspecified atom stereocenters. The molecule has 0 bridgehead atoms. The van der Waals surface area contributed by atoms with Crippen molar-refractivity contribution in [3.63, 3.8) is 0 Å². The van der Waals surface area contributed by atoms with Crippen LogP contribution in [0.5, 0.6) is 0 Å². The normalized spacial score (nSPS) is 8.67. The summed E-state index contributed by atoms with van der Waals surface area (Å²) in [5, 5.41) is 2.07. The summed E-state index contributed by atoms with van der Waals surface area (Å²) >= 11 is 0. The highest BCUT2D eigenvalue weighted by Crippen LogP contribution is 1.69. The molecule has 0 heterocycles. The third-order valence-electron chi connectivity index (χ3n) is 0.656. The molecule has 0 aromatic rings. The van der Waals surface area contributed by atoms with E-state index < -0.39 is 12.6 Å². The SMILES string of the molecule is CC(=O)CNC(=O)CF. The predicted molar refractivity (Wildman–Crippen MR) is 29.7 cm³/mol. The van der Waals surface area contributed by atoms with Crippen LogP contribution >= 0.6 is 0 Å². The molecule has 1 N–H and O–H groups in total. The molecule has 0 aromatic heterocycles. The van der Waals surface area contributed by atoms with Crippen molar-refractivity contribution in [1.29, 1.82) is 0 Å². The molecule has 0 radical (unpaired) electrons. The van der Waals surface area contributed by atoms with E-state index in [1.807, 2.05) is 0 Å². The largest absolute Gasteiger partial charge is 0.347 e. The van der Waals surface area contributed by atoms with Crippen molar-refractivity contribution < 1.29 is 14.0 Å². The van der Waals surface area contributed by atoms with Crippen LogP contribution in [0.1, 0.15) is 6.92 Å². The fourth-order valence-electron chi connectivity index (χ4n) is 0.270. The summed E-state index contributed by atoms with van der Waals surface area (Å²) in [4.78, 5) is 20.2. The Kier molecular flexibility index (Phi) is 3.59. The fraction of sp³-hybridized carbons (Fsp3) is 0.600. The van der Waals surface area contributed by atoms with Crippen molar-refractivity contribution in [3.05, 3.63) is 0 Å². The van der Waals surface area contributed by atoms with Crippen molar-refractivity contribution in [2.24, 2.45) is 0 Å². The zero-order valence-corrected chi connectivity index (χ0v) is 5.11. The molecule has 0 spiro atoms. The lowest BCUT2D eigenvalue weighted by atomic mass is 10.4. The zero-order valence-electron chi connectivity index (χ0n) is 5.11. The van der Waals surface area contributed by atoms with Gasteiger partial charge in [-0.25, -0.2) is 4.39 Å². The number of hydrogen-bond donors (Lipinski definition) is 1. The maximum absolute atomic E-state index is 11.3. The standard InChI is InChI=1S/C5H8FNO2/c1-4(8)3-7-5(9)2-6/h2-3H2,1H3,(H,7,9). The van der Waals surface area contributed by atoms with E-state index in [1.165, 1.54) is 6.92 Å². The first kappa shape index (κ1) is 8.07. The molecule has 0 atom stereocenters. The van der Waals surface area contributed by atoms with E-state index in [0.717, 1.165) is 0 Å². The summed E-state index contributed by atoms with van der Waals surface area (Å²) in [6.07, 6.45) is 0. The van der Waals surface area contributed by atoms with Crippen LogP contribution < -0.4 is 5.32 Å². The highest BCUT2D eigenvalue weighted by Gasteiger charge is 1.98. The van der Waals surface area contributed by atoms with Crippen LogP contribution in [-0.4, -0.2) is 24.9 Å². The maximum atomic E-state index is 11.3. The Morgan fingerprint density at radius 1 is 1.56 bits per heavy atom. The summed E-state index contributed by atoms with van der Waals surface area (Å²) in [5.74, 6) is -0.929. The third-order valence-corrected chi connectivity index (χ3v) is 0.656. The molecule has 0 rings (SSSR count). The van der Waals surface area contributed by atoms with Crippen molar-refractivity contribution in [1.82, 2.24) is 5.32 Å². The molecule has 52 valence electrons. The Labute approximate surface area is 52.2 Å². The first-order valence-corrected chi connectivity index (χ1v) is 2.49. The topological polar surface area (TPSA) is 46.2 Å². The average molecular weight is 133 g/mol. The third kappa shape index (κ3) is 4.93. The molecule has 0 fully saturated rings. The molecular weight excluding hydrogens is 125 g/mol. The Balaban J connectivity index is 3.28. The number of hydrogen-bond acceptors (Lipinski definition) is 2. The summed E-state index contributed by atoms with van der Waals surface area (Å²) in [5.41, 5.74) is 0. The first-order valence-electron chi connectivity index (χ1n) is 2.49. The van der Waals surface area contributed by atoms with Crippen LogP contribution in [-0.2, 0) is 9.59 Å². The van der Waals surface area contributed by atoms with E-state index in [1.54, 1.807) is 0 Å². The van der Waals surface area contributed by atoms with Gasteiger partial charge >= 0.3 is 0 Å². The zero-order chi connectivity index (χ0) is 7.28. The van der Waals surface area contributed by atoms with E-state index in [4.69, 9.17) is 0 Å². The van der Waals surface area contributed by atoms with Gasteiger partial charge in [-0.1, -0.05) is 0 Å². The summed E-state index contributed by atoms with van der Waals surface area (Å²) in [6, 6.07) is 0. The number of carbonyl (C=O) groups excluding carboxylic acids is 2. The minimum Gasteiger partial charge on any atom is -0.347 e. The van der Waals surface area contributed by atoms with Gasteiger partial charge in [-0.15, -0.1) is 0 Å². The van der Waals surface area contributed by atoms with Crippen LogP contribution in [0.3, 0.4) is 0 Å². The van der Waals surface area contributed by atoms with Crippen molar-refractivity contribution in [2.45, 2.75) is 6.92 Å². The number of Topliss-reactive ketones (excluding diaryl/α,β-unsaturated/α-hetero) is 1. The van der Waals surface area contributed by atoms with E-state index in [9.17, 15) is 14.0 Å². The van der Waals surface area contributed by atoms with E-state index in [2.05, 4.69) is 5.32 Å². The van der Waals surface area contributed by atoms with E-state index in [0.29, 0.717) is 0 Å². The molecule has 0 saturated carbocycles. The van der Waals surface area contributed by atoms with Gasteiger partial charge in [-0.2, -0.15) is 0 Å². The smallest absolute Gasteiger partial charge is 0.251 e. The summed E-state index contributed by atoms with van der Waals surface area (Å²) in [7, 11) is 0. The molecule has 0 aliphatic heterocycles. The minimum absolute atomic E-state index is 0.0806. The number of rotatable bonds is 3. The quantitative estimate of drug-likeness (QED) is 0.572. The minimum atomic E-state index is -1.06. The van der Waals surface area contributed by atoms with Gasteiger partial charge in [0.1, 0.15) is 5.78 Å². The number of carbonyl (C=O) groups is 2. The Morgan fingerprint density at radius 3 is 2.44 bits per heavy atom. The van der Waals surface area contributed by atoms with Gasteiger partial charge in [0.15, 0.2) is 6.67 Å². The molecule has 0 aliphatic carbocycles. The monoisotopic (exact) mass is 133 g/mol. The van der Waals surface area contributed by atoms with Gasteiger partial charge in [0, 0.05) is 0 Å². The van der Waals surface area contributed by atoms with E-state index >= 15 is 0 Å². The molecular formula is C5H8FNO2. The van der Waals surface area contributed by atoms with Crippen LogP contribution in [0.2, 0.25) is 0 Å². The highest BCUT2D eigenvalue weighted by molar-refractivity contribution is 5.84. The lowest BCUT2D eigenvalue weighted by Crippen LogP contribution is -2.29. The Morgan fingerprint density at radius 2 is 2.11 bits per heavy atom. The lowest BCUT2D eigenvalue weighted by molar-refractivity contribution is -0.125. The second-order valence-electron chi connectivity index (χ2n) is 1.61. The summed E-state index contributed by atoms with van der Waals surface area (Å²) < 4.78 is 11.3. The van der Waals surface area contributed by atoms with Gasteiger partial charge in [0.2, 0.25) is 0 Å². The van der Waals surface area contributed by atoms with Gasteiger partial charge < -0.3 is 5.32 Å². The number of alkyl halides is 1. The van der Waals surface area contributed by atoms with Gasteiger partial charge in [-0.05, 0) is 6.92 Å². The molecule has 0 aromatic carbocycles. The molecule has 3 nitrogen and oxygen atoms in total. The molecule has 9 heavy (non-hydrogen) atoms. The highest BCUT2D eigenvalue weighted by atomic mass is 19.1. The second kappa shape index (κ2) is 4.00. The van der Waals surface area contributed by atoms with Crippen molar-refractivity contribution in [3.8, 4) is 0 Å². The van der Waals surface area contributed by atoms with Gasteiger partial charge in [0.25, 0.3) is 5.91 Å². The average Bonchev–Trinajstić information content (AvgIpc) is 1.83. The number of amides is 1. The fourth-order valence-corrected chi connectivity index (χ4v) is 0.270. The van der Waals surface area contributed by atoms with Gasteiger partial charge in [0.05, 0.1) is 6.54 Å². The van der Waals surface area contributed by atoms with Crippen LogP contribution in [0, 0.1) is 0 Å². The van der Waals surface area contributed by atoms with Crippen LogP contribution in [0.4, 0.5) is 4.39 Å². The Bertz CT molecular complexity index is 124. The second-order valence-corrected chi connectivity index (χ2v) is 1.61. The van der Waals surface area contributed by atoms with Crippen molar-refractivity contribution >= 4 is 11.7 Å². The Hall–Kier alpha value is -0.930. The molecule has 0 saturated heterocycles.